The van der Waals surface area contributed by atoms with E-state index in [1.165, 1.54) is 13.3 Å². The van der Waals surface area contributed by atoms with Gasteiger partial charge in [-0.2, -0.15) is 5.10 Å². The molecule has 4 rings (SSSR count). The van der Waals surface area contributed by atoms with Crippen molar-refractivity contribution >= 4 is 40.2 Å². The number of hydrogen-bond donors (Lipinski definition) is 2. The van der Waals surface area contributed by atoms with Crippen LogP contribution in [0.5, 0.6) is 5.75 Å². The summed E-state index contributed by atoms with van der Waals surface area (Å²) in [5, 5.41) is 10.6. The van der Waals surface area contributed by atoms with E-state index in [4.69, 9.17) is 16.3 Å². The summed E-state index contributed by atoms with van der Waals surface area (Å²) in [6, 6.07) is 9.03. The number of carbonyl (C=O) groups excluding carboxylic acids is 1. The Morgan fingerprint density at radius 2 is 2.03 bits per heavy atom. The van der Waals surface area contributed by atoms with Crippen molar-refractivity contribution in [3.63, 3.8) is 0 Å². The van der Waals surface area contributed by atoms with E-state index in [2.05, 4.69) is 30.7 Å². The first-order valence-corrected chi connectivity index (χ1v) is 9.84. The predicted octanol–water partition coefficient (Wildman–Crippen LogP) is 3.85. The zero-order chi connectivity index (χ0) is 22.0. The number of amides is 1. The van der Waals surface area contributed by atoms with Crippen LogP contribution in [0.25, 0.3) is 11.2 Å². The Hall–Kier alpha value is -3.72. The Morgan fingerprint density at radius 3 is 2.84 bits per heavy atom. The number of nitrogens with one attached hydrogen (secondary N) is 2. The number of fused-ring (bicyclic) bond motifs is 1. The number of pyridine rings is 1. The molecule has 9 nitrogen and oxygen atoms in total. The molecule has 0 unspecified atom stereocenters. The van der Waals surface area contributed by atoms with E-state index in [-0.39, 0.29) is 17.1 Å². The van der Waals surface area contributed by atoms with Crippen LogP contribution >= 0.6 is 11.6 Å². The number of benzene rings is 1. The molecule has 0 saturated heterocycles. The van der Waals surface area contributed by atoms with E-state index in [9.17, 15) is 4.79 Å². The number of methoxy groups -OCH3 is 1. The maximum Gasteiger partial charge on any atom is 0.257 e. The molecular weight excluding hydrogens is 418 g/mol. The Balaban J connectivity index is 1.49. The van der Waals surface area contributed by atoms with E-state index in [0.29, 0.717) is 28.5 Å². The second-order valence-corrected chi connectivity index (χ2v) is 7.25. The topological polar surface area (TPSA) is 107 Å². The van der Waals surface area contributed by atoms with Gasteiger partial charge in [-0.1, -0.05) is 23.7 Å². The summed E-state index contributed by atoms with van der Waals surface area (Å²) in [6.45, 7) is 2.00. The molecule has 0 aliphatic rings. The molecule has 0 bridgehead atoms. The summed E-state index contributed by atoms with van der Waals surface area (Å²) in [5.74, 6) is 0.664. The number of aryl methyl sites for hydroxylation is 1. The molecule has 0 aliphatic heterocycles. The predicted molar refractivity (Wildman–Crippen MR) is 119 cm³/mol. The van der Waals surface area contributed by atoms with Crippen LogP contribution in [0.15, 0.2) is 48.9 Å². The largest absolute Gasteiger partial charge is 0.493 e. The average Bonchev–Trinajstić information content (AvgIpc) is 3.14. The first-order valence-electron chi connectivity index (χ1n) is 9.46. The summed E-state index contributed by atoms with van der Waals surface area (Å²) in [7, 11) is 3.29. The Kier molecular flexibility index (Phi) is 5.68. The standard InChI is InChI=1S/C21H20ClN7O2/c1-12(26-18-11-23-16-10-25-29(2)20(16)28-18)13-5-4-6-15(7-13)27-21(30)14-8-17(31-3)19(22)24-9-14/h4-12H,1-3H3,(H,26,28)(H,27,30)/t12-/m0/s1. The van der Waals surface area contributed by atoms with Crippen LogP contribution < -0.4 is 15.4 Å². The molecule has 3 aromatic heterocycles. The second-order valence-electron chi connectivity index (χ2n) is 6.89. The molecule has 3 heterocycles. The molecule has 2 N–H and O–H groups in total. The number of ether oxygens (including phenoxy) is 1. The van der Waals surface area contributed by atoms with Gasteiger partial charge < -0.3 is 15.4 Å². The highest BCUT2D eigenvalue weighted by Gasteiger charge is 2.13. The molecule has 0 spiro atoms. The van der Waals surface area contributed by atoms with Crippen molar-refractivity contribution in [2.24, 2.45) is 7.05 Å². The summed E-state index contributed by atoms with van der Waals surface area (Å²) in [4.78, 5) is 25.5. The van der Waals surface area contributed by atoms with Gasteiger partial charge in [0.05, 0.1) is 31.1 Å². The van der Waals surface area contributed by atoms with Gasteiger partial charge in [-0.3, -0.25) is 4.79 Å². The SMILES string of the molecule is COc1cc(C(=O)Nc2cccc([C@H](C)Nc3cnc4cnn(C)c4n3)c2)cnc1Cl. The maximum absolute atomic E-state index is 12.6. The molecule has 4 aromatic rings. The Morgan fingerprint density at radius 1 is 1.19 bits per heavy atom. The van der Waals surface area contributed by atoms with Crippen LogP contribution in [0.3, 0.4) is 0 Å². The van der Waals surface area contributed by atoms with Gasteiger partial charge in [0.15, 0.2) is 16.5 Å². The third-order valence-electron chi connectivity index (χ3n) is 4.74. The molecule has 0 saturated carbocycles. The third kappa shape index (κ3) is 4.41. The highest BCUT2D eigenvalue weighted by atomic mass is 35.5. The van der Waals surface area contributed by atoms with Crippen LogP contribution in [-0.2, 0) is 7.05 Å². The number of anilines is 2. The minimum Gasteiger partial charge on any atom is -0.493 e. The highest BCUT2D eigenvalue weighted by molar-refractivity contribution is 6.31. The molecule has 0 aliphatic carbocycles. The fourth-order valence-corrected chi connectivity index (χ4v) is 3.25. The highest BCUT2D eigenvalue weighted by Crippen LogP contribution is 2.24. The number of halogens is 1. The molecule has 31 heavy (non-hydrogen) atoms. The lowest BCUT2D eigenvalue weighted by atomic mass is 10.1. The smallest absolute Gasteiger partial charge is 0.257 e. The van der Waals surface area contributed by atoms with Gasteiger partial charge in [-0.05, 0) is 30.7 Å². The van der Waals surface area contributed by atoms with E-state index in [1.807, 2.05) is 38.2 Å². The molecule has 1 atom stereocenters. The monoisotopic (exact) mass is 437 g/mol. The number of nitrogens with zero attached hydrogens (tertiary/aromatic N) is 5. The maximum atomic E-state index is 12.6. The molecule has 0 fully saturated rings. The van der Waals surface area contributed by atoms with Crippen LogP contribution in [0.1, 0.15) is 28.9 Å². The normalized spacial score (nSPS) is 11.9. The molecule has 10 heteroatoms. The lowest BCUT2D eigenvalue weighted by molar-refractivity contribution is 0.102. The molecule has 0 radical (unpaired) electrons. The van der Waals surface area contributed by atoms with Gasteiger partial charge >= 0.3 is 0 Å². The quantitative estimate of drug-likeness (QED) is 0.441. The van der Waals surface area contributed by atoms with Gasteiger partial charge in [0, 0.05) is 18.9 Å². The third-order valence-corrected chi connectivity index (χ3v) is 5.02. The van der Waals surface area contributed by atoms with E-state index in [0.717, 1.165) is 11.1 Å². The minimum absolute atomic E-state index is 0.0749. The summed E-state index contributed by atoms with van der Waals surface area (Å²) >= 11 is 5.93. The van der Waals surface area contributed by atoms with Crippen LogP contribution in [0.2, 0.25) is 5.15 Å². The van der Waals surface area contributed by atoms with Gasteiger partial charge in [0.25, 0.3) is 5.91 Å². The molecule has 1 amide bonds. The van der Waals surface area contributed by atoms with Crippen molar-refractivity contribution in [3.8, 4) is 5.75 Å². The van der Waals surface area contributed by atoms with Gasteiger partial charge in [-0.15, -0.1) is 0 Å². The van der Waals surface area contributed by atoms with Crippen LogP contribution in [0, 0.1) is 0 Å². The minimum atomic E-state index is -0.312. The van der Waals surface area contributed by atoms with Crippen molar-refractivity contribution in [2.75, 3.05) is 17.7 Å². The van der Waals surface area contributed by atoms with E-state index < -0.39 is 0 Å². The lowest BCUT2D eigenvalue weighted by Crippen LogP contribution is -2.13. The lowest BCUT2D eigenvalue weighted by Gasteiger charge is -2.16. The average molecular weight is 438 g/mol. The van der Waals surface area contributed by atoms with E-state index in [1.54, 1.807) is 23.1 Å². The first-order chi connectivity index (χ1) is 14.9. The summed E-state index contributed by atoms with van der Waals surface area (Å²) in [5.41, 5.74) is 3.40. The number of rotatable bonds is 6. The first kappa shape index (κ1) is 20.5. The van der Waals surface area contributed by atoms with Crippen LogP contribution in [0.4, 0.5) is 11.5 Å². The molecule has 1 aromatic carbocycles. The molecular formula is C21H20ClN7O2. The second kappa shape index (κ2) is 8.57. The number of aromatic nitrogens is 5. The van der Waals surface area contributed by atoms with Crippen molar-refractivity contribution in [1.82, 2.24) is 24.7 Å². The fraction of sp³-hybridized carbons (Fsp3) is 0.190. The van der Waals surface area contributed by atoms with Crippen molar-refractivity contribution in [2.45, 2.75) is 13.0 Å². The molecule has 158 valence electrons. The van der Waals surface area contributed by atoms with Crippen LogP contribution in [-0.4, -0.2) is 37.7 Å². The van der Waals surface area contributed by atoms with Crippen molar-refractivity contribution < 1.29 is 9.53 Å². The zero-order valence-electron chi connectivity index (χ0n) is 17.1. The summed E-state index contributed by atoms with van der Waals surface area (Å²) in [6.07, 6.45) is 4.75. The summed E-state index contributed by atoms with van der Waals surface area (Å²) < 4.78 is 6.80. The zero-order valence-corrected chi connectivity index (χ0v) is 17.9. The van der Waals surface area contributed by atoms with Gasteiger partial charge in [0.2, 0.25) is 0 Å². The Bertz CT molecular complexity index is 1260. The van der Waals surface area contributed by atoms with Gasteiger partial charge in [0.1, 0.15) is 11.3 Å². The Labute approximate surface area is 183 Å². The van der Waals surface area contributed by atoms with Crippen molar-refractivity contribution in [3.05, 3.63) is 65.2 Å². The fourth-order valence-electron chi connectivity index (χ4n) is 3.07. The van der Waals surface area contributed by atoms with Crippen molar-refractivity contribution in [1.29, 1.82) is 0 Å². The van der Waals surface area contributed by atoms with Gasteiger partial charge in [-0.25, -0.2) is 19.6 Å². The van der Waals surface area contributed by atoms with E-state index >= 15 is 0 Å². The number of hydrogen-bond acceptors (Lipinski definition) is 7. The number of carbonyl (C=O) groups is 1.